The molecular weight excluding hydrogens is 264 g/mol. The molecule has 3 rings (SSSR count). The number of carboxylic acids is 1. The maximum absolute atomic E-state index is 10.9. The van der Waals surface area contributed by atoms with Crippen LogP contribution in [0.15, 0.2) is 12.1 Å². The zero-order chi connectivity index (χ0) is 13.2. The Morgan fingerprint density at radius 2 is 2.11 bits per heavy atom. The number of carbonyl (C=O) groups is 1. The van der Waals surface area contributed by atoms with Gasteiger partial charge in [0.1, 0.15) is 4.88 Å². The van der Waals surface area contributed by atoms with Gasteiger partial charge in [0, 0.05) is 32.2 Å². The van der Waals surface area contributed by atoms with E-state index in [-0.39, 0.29) is 0 Å². The van der Waals surface area contributed by atoms with E-state index < -0.39 is 5.97 Å². The molecule has 0 spiro atoms. The van der Waals surface area contributed by atoms with Gasteiger partial charge in [-0.05, 0) is 18.6 Å². The van der Waals surface area contributed by atoms with Gasteiger partial charge in [0.15, 0.2) is 0 Å². The van der Waals surface area contributed by atoms with Crippen molar-refractivity contribution in [2.75, 3.05) is 44.3 Å². The number of rotatable bonds is 3. The predicted octanol–water partition coefficient (Wildman–Crippen LogP) is 1.36. The highest BCUT2D eigenvalue weighted by Gasteiger charge is 2.29. The molecule has 1 N–H and O–H groups in total. The number of hydrogen-bond acceptors (Lipinski definition) is 5. The molecule has 1 atom stereocenters. The average Bonchev–Trinajstić information content (AvgIpc) is 3.09. The van der Waals surface area contributed by atoms with Crippen LogP contribution in [0.5, 0.6) is 0 Å². The van der Waals surface area contributed by atoms with Gasteiger partial charge in [-0.2, -0.15) is 0 Å². The van der Waals surface area contributed by atoms with Gasteiger partial charge >= 0.3 is 5.97 Å². The predicted molar refractivity (Wildman–Crippen MR) is 74.3 cm³/mol. The van der Waals surface area contributed by atoms with Gasteiger partial charge in [-0.15, -0.1) is 11.3 Å². The third kappa shape index (κ3) is 2.75. The molecule has 1 aromatic heterocycles. The first-order chi connectivity index (χ1) is 9.24. The number of hydrogen-bond donors (Lipinski definition) is 1. The first-order valence-electron chi connectivity index (χ1n) is 6.64. The molecule has 0 bridgehead atoms. The topological polar surface area (TPSA) is 53.0 Å². The van der Waals surface area contributed by atoms with E-state index in [4.69, 9.17) is 9.84 Å². The summed E-state index contributed by atoms with van der Waals surface area (Å²) in [6.45, 7) is 5.71. The van der Waals surface area contributed by atoms with Crippen molar-refractivity contribution in [1.82, 2.24) is 4.90 Å². The average molecular weight is 282 g/mol. The molecule has 19 heavy (non-hydrogen) atoms. The van der Waals surface area contributed by atoms with E-state index in [0.717, 1.165) is 50.8 Å². The summed E-state index contributed by atoms with van der Waals surface area (Å²) in [5.41, 5.74) is 0. The zero-order valence-electron chi connectivity index (χ0n) is 10.7. The summed E-state index contributed by atoms with van der Waals surface area (Å²) in [5.74, 6) is -0.833. The van der Waals surface area contributed by atoms with Crippen molar-refractivity contribution >= 4 is 22.3 Å². The molecule has 0 radical (unpaired) electrons. The van der Waals surface area contributed by atoms with E-state index in [2.05, 4.69) is 9.80 Å². The minimum absolute atomic E-state index is 0.421. The van der Waals surface area contributed by atoms with E-state index in [0.29, 0.717) is 10.9 Å². The number of morpholine rings is 1. The van der Waals surface area contributed by atoms with Crippen LogP contribution in [0.25, 0.3) is 0 Å². The molecule has 0 unspecified atom stereocenters. The van der Waals surface area contributed by atoms with Crippen molar-refractivity contribution in [2.24, 2.45) is 0 Å². The van der Waals surface area contributed by atoms with Crippen molar-refractivity contribution in [3.63, 3.8) is 0 Å². The molecule has 2 aliphatic heterocycles. The Morgan fingerprint density at radius 3 is 2.79 bits per heavy atom. The maximum Gasteiger partial charge on any atom is 0.345 e. The lowest BCUT2D eigenvalue weighted by molar-refractivity contribution is 0.0209. The van der Waals surface area contributed by atoms with Crippen LogP contribution in [0.2, 0.25) is 0 Å². The summed E-state index contributed by atoms with van der Waals surface area (Å²) in [7, 11) is 0. The van der Waals surface area contributed by atoms with Crippen LogP contribution in [0, 0.1) is 0 Å². The van der Waals surface area contributed by atoms with E-state index >= 15 is 0 Å². The number of aromatic carboxylic acids is 1. The summed E-state index contributed by atoms with van der Waals surface area (Å²) in [6, 6.07) is 4.21. The van der Waals surface area contributed by atoms with Crippen LogP contribution in [0.3, 0.4) is 0 Å². The second-order valence-electron chi connectivity index (χ2n) is 4.98. The van der Waals surface area contributed by atoms with Crippen molar-refractivity contribution in [1.29, 1.82) is 0 Å². The van der Waals surface area contributed by atoms with Gasteiger partial charge in [0.25, 0.3) is 0 Å². The second kappa shape index (κ2) is 5.48. The van der Waals surface area contributed by atoms with Crippen LogP contribution < -0.4 is 4.90 Å². The highest BCUT2D eigenvalue weighted by atomic mass is 32.1. The fourth-order valence-corrected chi connectivity index (χ4v) is 3.67. The lowest BCUT2D eigenvalue weighted by atomic mass is 10.2. The molecule has 3 heterocycles. The molecule has 1 aromatic rings. The van der Waals surface area contributed by atoms with E-state index in [1.807, 2.05) is 6.07 Å². The van der Waals surface area contributed by atoms with Crippen LogP contribution in [0.4, 0.5) is 5.00 Å². The molecule has 0 aliphatic carbocycles. The Balaban J connectivity index is 1.62. The van der Waals surface area contributed by atoms with E-state index in [1.54, 1.807) is 6.07 Å². The van der Waals surface area contributed by atoms with Crippen LogP contribution in [-0.2, 0) is 4.74 Å². The summed E-state index contributed by atoms with van der Waals surface area (Å²) in [5, 5.41) is 10.0. The Morgan fingerprint density at radius 1 is 1.32 bits per heavy atom. The minimum atomic E-state index is -0.833. The summed E-state index contributed by atoms with van der Waals surface area (Å²) >= 11 is 1.37. The third-order valence-electron chi connectivity index (χ3n) is 3.84. The summed E-state index contributed by atoms with van der Waals surface area (Å²) < 4.78 is 5.38. The lowest BCUT2D eigenvalue weighted by Crippen LogP contribution is -2.44. The molecule has 6 heteroatoms. The number of carboxylic acid groups (broad SMARTS) is 1. The number of anilines is 1. The molecule has 5 nitrogen and oxygen atoms in total. The first-order valence-corrected chi connectivity index (χ1v) is 7.45. The van der Waals surface area contributed by atoms with E-state index in [1.165, 1.54) is 11.3 Å². The molecule has 2 aliphatic rings. The Labute approximate surface area is 116 Å². The summed E-state index contributed by atoms with van der Waals surface area (Å²) in [4.78, 5) is 16.1. The quantitative estimate of drug-likeness (QED) is 0.907. The highest BCUT2D eigenvalue weighted by molar-refractivity contribution is 7.17. The molecule has 104 valence electrons. The Bertz CT molecular complexity index is 456. The number of thiophene rings is 1. The normalized spacial score (nSPS) is 24.8. The van der Waals surface area contributed by atoms with Crippen molar-refractivity contribution < 1.29 is 14.6 Å². The molecular formula is C13H18N2O3S. The fourth-order valence-electron chi connectivity index (χ4n) is 2.80. The maximum atomic E-state index is 10.9. The van der Waals surface area contributed by atoms with Gasteiger partial charge in [-0.1, -0.05) is 0 Å². The second-order valence-corrected chi connectivity index (χ2v) is 6.04. The number of nitrogens with zero attached hydrogens (tertiary/aromatic N) is 2. The largest absolute Gasteiger partial charge is 0.477 e. The Hall–Kier alpha value is -1.11. The van der Waals surface area contributed by atoms with Crippen molar-refractivity contribution in [3.8, 4) is 0 Å². The SMILES string of the molecule is O=C(O)c1ccc(N2CC[C@@H](N3CCOCC3)C2)s1. The molecule has 2 fully saturated rings. The molecule has 0 amide bonds. The van der Waals surface area contributed by atoms with Crippen molar-refractivity contribution in [2.45, 2.75) is 12.5 Å². The zero-order valence-corrected chi connectivity index (χ0v) is 11.6. The molecule has 2 saturated heterocycles. The van der Waals surface area contributed by atoms with Gasteiger partial charge in [-0.3, -0.25) is 4.90 Å². The van der Waals surface area contributed by atoms with E-state index in [9.17, 15) is 4.79 Å². The van der Waals surface area contributed by atoms with Crippen LogP contribution >= 0.6 is 11.3 Å². The lowest BCUT2D eigenvalue weighted by Gasteiger charge is -2.32. The molecule has 0 saturated carbocycles. The van der Waals surface area contributed by atoms with Gasteiger partial charge in [0.2, 0.25) is 0 Å². The first kappa shape index (κ1) is 12.9. The standard InChI is InChI=1S/C13H18N2O3S/c16-13(17)11-1-2-12(19-11)15-4-3-10(9-15)14-5-7-18-8-6-14/h1-2,10H,3-9H2,(H,16,17)/t10-/m1/s1. The fraction of sp³-hybridized carbons (Fsp3) is 0.615. The van der Waals surface area contributed by atoms with Gasteiger partial charge < -0.3 is 14.7 Å². The minimum Gasteiger partial charge on any atom is -0.477 e. The number of ether oxygens (including phenoxy) is 1. The Kier molecular flexibility index (Phi) is 3.72. The van der Waals surface area contributed by atoms with Gasteiger partial charge in [0.05, 0.1) is 18.2 Å². The van der Waals surface area contributed by atoms with Crippen LogP contribution in [0.1, 0.15) is 16.1 Å². The van der Waals surface area contributed by atoms with Crippen molar-refractivity contribution in [3.05, 3.63) is 17.0 Å². The smallest absolute Gasteiger partial charge is 0.345 e. The highest BCUT2D eigenvalue weighted by Crippen LogP contribution is 2.30. The van der Waals surface area contributed by atoms with Gasteiger partial charge in [-0.25, -0.2) is 4.79 Å². The molecule has 0 aromatic carbocycles. The monoisotopic (exact) mass is 282 g/mol. The van der Waals surface area contributed by atoms with Crippen LogP contribution in [-0.4, -0.2) is 61.4 Å². The third-order valence-corrected chi connectivity index (χ3v) is 4.97. The summed E-state index contributed by atoms with van der Waals surface area (Å²) in [6.07, 6.45) is 1.15.